The fourth-order valence-corrected chi connectivity index (χ4v) is 2.98. The number of likely N-dealkylation sites (tertiary alicyclic amines) is 1. The number of nitrogens with zero attached hydrogens (tertiary/aromatic N) is 1. The summed E-state index contributed by atoms with van der Waals surface area (Å²) in [5.41, 5.74) is 0.483. The molecule has 1 N–H and O–H groups in total. The van der Waals surface area contributed by atoms with E-state index in [9.17, 15) is 0 Å². The maximum atomic E-state index is 5.18. The smallest absolute Gasteiger partial charge is 0.0589 e. The van der Waals surface area contributed by atoms with E-state index in [2.05, 4.69) is 10.2 Å². The van der Waals surface area contributed by atoms with Crippen molar-refractivity contribution in [3.05, 3.63) is 0 Å². The lowest BCUT2D eigenvalue weighted by molar-refractivity contribution is 0.0714. The Balaban J connectivity index is 1.93. The molecule has 1 spiro atoms. The van der Waals surface area contributed by atoms with Crippen LogP contribution in [0, 0.1) is 0 Å². The van der Waals surface area contributed by atoms with Crippen LogP contribution in [0.2, 0.25) is 0 Å². The summed E-state index contributed by atoms with van der Waals surface area (Å²) in [6, 6.07) is 0. The lowest BCUT2D eigenvalue weighted by Gasteiger charge is -2.41. The molecule has 1 unspecified atom stereocenters. The van der Waals surface area contributed by atoms with Crippen molar-refractivity contribution in [3.63, 3.8) is 0 Å². The number of hydrogen-bond donors (Lipinski definition) is 1. The van der Waals surface area contributed by atoms with Gasteiger partial charge in [0.15, 0.2) is 0 Å². The quantitative estimate of drug-likeness (QED) is 0.727. The van der Waals surface area contributed by atoms with Gasteiger partial charge in [-0.2, -0.15) is 0 Å². The minimum Gasteiger partial charge on any atom is -0.383 e. The second-order valence-corrected chi connectivity index (χ2v) is 4.59. The molecule has 3 heteroatoms. The highest BCUT2D eigenvalue weighted by Crippen LogP contribution is 2.34. The molecule has 14 heavy (non-hydrogen) atoms. The molecule has 82 valence electrons. The van der Waals surface area contributed by atoms with Gasteiger partial charge < -0.3 is 10.1 Å². The van der Waals surface area contributed by atoms with Crippen LogP contribution in [0.4, 0.5) is 0 Å². The van der Waals surface area contributed by atoms with Gasteiger partial charge >= 0.3 is 0 Å². The highest BCUT2D eigenvalue weighted by Gasteiger charge is 2.40. The van der Waals surface area contributed by atoms with Crippen LogP contribution in [0.15, 0.2) is 0 Å². The van der Waals surface area contributed by atoms with E-state index in [1.54, 1.807) is 7.11 Å². The minimum atomic E-state index is 0.483. The summed E-state index contributed by atoms with van der Waals surface area (Å²) >= 11 is 0. The predicted octanol–water partition coefficient (Wildman–Crippen LogP) is 0.851. The van der Waals surface area contributed by atoms with Gasteiger partial charge in [-0.3, -0.25) is 4.90 Å². The van der Waals surface area contributed by atoms with Crippen LogP contribution < -0.4 is 5.32 Å². The van der Waals surface area contributed by atoms with Crippen molar-refractivity contribution in [1.82, 2.24) is 10.2 Å². The van der Waals surface area contributed by atoms with Gasteiger partial charge in [-0.1, -0.05) is 0 Å². The lowest BCUT2D eigenvalue weighted by atomic mass is 9.87. The standard InChI is InChI=1S/C11H22N2O/c1-14-9-8-13-7-3-5-11(13)4-2-6-12-10-11/h12H,2-10H2,1H3. The number of rotatable bonds is 3. The summed E-state index contributed by atoms with van der Waals surface area (Å²) in [7, 11) is 1.79. The molecule has 3 nitrogen and oxygen atoms in total. The van der Waals surface area contributed by atoms with Crippen LogP contribution >= 0.6 is 0 Å². The van der Waals surface area contributed by atoms with Crippen molar-refractivity contribution >= 4 is 0 Å². The Labute approximate surface area is 86.8 Å². The van der Waals surface area contributed by atoms with Gasteiger partial charge in [0.25, 0.3) is 0 Å². The van der Waals surface area contributed by atoms with E-state index in [1.165, 1.54) is 45.3 Å². The number of ether oxygens (including phenoxy) is 1. The van der Waals surface area contributed by atoms with E-state index >= 15 is 0 Å². The number of methoxy groups -OCH3 is 1. The van der Waals surface area contributed by atoms with Gasteiger partial charge in [-0.05, 0) is 38.8 Å². The molecule has 2 aliphatic heterocycles. The van der Waals surface area contributed by atoms with Crippen molar-refractivity contribution in [2.24, 2.45) is 0 Å². The molecular formula is C11H22N2O. The molecule has 0 saturated carbocycles. The highest BCUT2D eigenvalue weighted by molar-refractivity contribution is 4.99. The summed E-state index contributed by atoms with van der Waals surface area (Å²) in [6.45, 7) is 5.65. The van der Waals surface area contributed by atoms with Crippen molar-refractivity contribution in [2.45, 2.75) is 31.2 Å². The first-order valence-electron chi connectivity index (χ1n) is 5.82. The molecule has 0 aromatic heterocycles. The third-order valence-corrected chi connectivity index (χ3v) is 3.76. The van der Waals surface area contributed by atoms with Crippen LogP contribution in [0.3, 0.4) is 0 Å². The summed E-state index contributed by atoms with van der Waals surface area (Å²) in [5, 5.41) is 3.54. The largest absolute Gasteiger partial charge is 0.383 e. The molecule has 1 atom stereocenters. The molecular weight excluding hydrogens is 176 g/mol. The van der Waals surface area contributed by atoms with Gasteiger partial charge in [-0.25, -0.2) is 0 Å². The fourth-order valence-electron chi connectivity index (χ4n) is 2.98. The zero-order valence-corrected chi connectivity index (χ0v) is 9.22. The molecule has 0 aliphatic carbocycles. The Morgan fingerprint density at radius 1 is 1.36 bits per heavy atom. The first-order chi connectivity index (χ1) is 6.87. The molecule has 2 saturated heterocycles. The van der Waals surface area contributed by atoms with Crippen LogP contribution in [0.5, 0.6) is 0 Å². The van der Waals surface area contributed by atoms with Crippen LogP contribution in [0.1, 0.15) is 25.7 Å². The zero-order valence-electron chi connectivity index (χ0n) is 9.22. The zero-order chi connectivity index (χ0) is 9.86. The fraction of sp³-hybridized carbons (Fsp3) is 1.00. The van der Waals surface area contributed by atoms with E-state index in [0.29, 0.717) is 5.54 Å². The molecule has 2 rings (SSSR count). The Morgan fingerprint density at radius 3 is 2.93 bits per heavy atom. The van der Waals surface area contributed by atoms with Crippen molar-refractivity contribution in [2.75, 3.05) is 39.9 Å². The number of hydrogen-bond acceptors (Lipinski definition) is 3. The summed E-state index contributed by atoms with van der Waals surface area (Å²) in [5.74, 6) is 0. The topological polar surface area (TPSA) is 24.5 Å². The van der Waals surface area contributed by atoms with E-state index in [0.717, 1.165) is 13.2 Å². The monoisotopic (exact) mass is 198 g/mol. The summed E-state index contributed by atoms with van der Waals surface area (Å²) < 4.78 is 5.18. The van der Waals surface area contributed by atoms with Crippen LogP contribution in [0.25, 0.3) is 0 Å². The maximum absolute atomic E-state index is 5.18. The summed E-state index contributed by atoms with van der Waals surface area (Å²) in [4.78, 5) is 2.64. The highest BCUT2D eigenvalue weighted by atomic mass is 16.5. The molecule has 2 fully saturated rings. The third-order valence-electron chi connectivity index (χ3n) is 3.76. The SMILES string of the molecule is COCCN1CCCC12CCCNC2. The average molecular weight is 198 g/mol. The predicted molar refractivity (Wildman–Crippen MR) is 57.5 cm³/mol. The molecule has 2 heterocycles. The molecule has 0 bridgehead atoms. The molecule has 0 radical (unpaired) electrons. The van der Waals surface area contributed by atoms with Crippen molar-refractivity contribution < 1.29 is 4.74 Å². The first-order valence-corrected chi connectivity index (χ1v) is 5.82. The van der Waals surface area contributed by atoms with E-state index in [1.807, 2.05) is 0 Å². The molecule has 0 aromatic carbocycles. The van der Waals surface area contributed by atoms with Gasteiger partial charge in [-0.15, -0.1) is 0 Å². The van der Waals surface area contributed by atoms with Crippen molar-refractivity contribution in [1.29, 1.82) is 0 Å². The first kappa shape index (κ1) is 10.4. The van der Waals surface area contributed by atoms with E-state index in [-0.39, 0.29) is 0 Å². The molecule has 2 aliphatic rings. The average Bonchev–Trinajstić information content (AvgIpc) is 2.59. The minimum absolute atomic E-state index is 0.483. The Bertz CT molecular complexity index is 178. The van der Waals surface area contributed by atoms with Crippen molar-refractivity contribution in [3.8, 4) is 0 Å². The normalized spacial score (nSPS) is 34.1. The van der Waals surface area contributed by atoms with Gasteiger partial charge in [0, 0.05) is 25.7 Å². The van der Waals surface area contributed by atoms with Crippen LogP contribution in [-0.4, -0.2) is 50.3 Å². The number of piperidine rings is 1. The van der Waals surface area contributed by atoms with E-state index in [4.69, 9.17) is 4.74 Å². The summed E-state index contributed by atoms with van der Waals surface area (Å²) in [6.07, 6.45) is 5.46. The Hall–Kier alpha value is -0.120. The number of nitrogens with one attached hydrogen (secondary N) is 1. The van der Waals surface area contributed by atoms with Gasteiger partial charge in [0.2, 0.25) is 0 Å². The lowest BCUT2D eigenvalue weighted by Crippen LogP contribution is -2.54. The second-order valence-electron chi connectivity index (χ2n) is 4.59. The maximum Gasteiger partial charge on any atom is 0.0589 e. The van der Waals surface area contributed by atoms with Gasteiger partial charge in [0.1, 0.15) is 0 Å². The van der Waals surface area contributed by atoms with Gasteiger partial charge in [0.05, 0.1) is 6.61 Å². The van der Waals surface area contributed by atoms with E-state index < -0.39 is 0 Å². The Morgan fingerprint density at radius 2 is 2.21 bits per heavy atom. The second kappa shape index (κ2) is 4.60. The third kappa shape index (κ3) is 1.95. The van der Waals surface area contributed by atoms with Crippen LogP contribution in [-0.2, 0) is 4.74 Å². The molecule has 0 aromatic rings. The Kier molecular flexibility index (Phi) is 3.42. The molecule has 0 amide bonds.